The summed E-state index contributed by atoms with van der Waals surface area (Å²) in [4.78, 5) is 25.7. The average Bonchev–Trinajstić information content (AvgIpc) is 3.04. The molecule has 0 saturated carbocycles. The Balaban J connectivity index is 1.34. The number of thioether (sulfide) groups is 1. The molecule has 0 bridgehead atoms. The fraction of sp³-hybridized carbons (Fsp3) is 0.121. The van der Waals surface area contributed by atoms with E-state index in [1.807, 2.05) is 61.5 Å². The van der Waals surface area contributed by atoms with Crippen molar-refractivity contribution in [3.63, 3.8) is 0 Å². The molecule has 2 heterocycles. The summed E-state index contributed by atoms with van der Waals surface area (Å²) in [6.45, 7) is 3.72. The summed E-state index contributed by atoms with van der Waals surface area (Å²) < 4.78 is 33.1. The molecule has 0 aliphatic rings. The van der Waals surface area contributed by atoms with Crippen LogP contribution in [0.25, 0.3) is 22.4 Å². The lowest BCUT2D eigenvalue weighted by Crippen LogP contribution is -2.16. The molecule has 0 aliphatic heterocycles. The van der Waals surface area contributed by atoms with E-state index in [0.29, 0.717) is 39.0 Å². The molecule has 226 valence electrons. The SMILES string of the molecule is COc1ccc(-c2cc(-c3ccc(C)cc3)c(C#N)c(SCC(=O)Nc3ccc(S(=O)(=O)Nc4nccc(C)n4)cc3)n2)cc1. The Hall–Kier alpha value is -5.25. The summed E-state index contributed by atoms with van der Waals surface area (Å²) in [5.74, 6) is 0.295. The number of aromatic nitrogens is 3. The van der Waals surface area contributed by atoms with Crippen LogP contribution in [-0.2, 0) is 14.8 Å². The number of benzene rings is 3. The summed E-state index contributed by atoms with van der Waals surface area (Å²) in [5.41, 5.74) is 5.54. The van der Waals surface area contributed by atoms with Crippen molar-refractivity contribution >= 4 is 39.3 Å². The van der Waals surface area contributed by atoms with Gasteiger partial charge in [0, 0.05) is 28.7 Å². The van der Waals surface area contributed by atoms with Gasteiger partial charge in [0.25, 0.3) is 10.0 Å². The Morgan fingerprint density at radius 3 is 2.27 bits per heavy atom. The number of nitrogens with zero attached hydrogens (tertiary/aromatic N) is 4. The van der Waals surface area contributed by atoms with Gasteiger partial charge in [0.05, 0.1) is 29.0 Å². The Bertz CT molecular complexity index is 1990. The van der Waals surface area contributed by atoms with Crippen molar-refractivity contribution in [2.45, 2.75) is 23.8 Å². The van der Waals surface area contributed by atoms with Crippen LogP contribution in [0.5, 0.6) is 5.75 Å². The summed E-state index contributed by atoms with van der Waals surface area (Å²) in [6.07, 6.45) is 1.46. The standard InChI is InChI=1S/C33H28N6O4S2/c1-21-4-6-23(7-5-21)28-18-30(24-8-12-26(43-3)13-9-24)38-32(29(28)19-34)44-20-31(40)37-25-10-14-27(15-11-25)45(41,42)39-33-35-17-16-22(2)36-33/h4-18H,20H2,1-3H3,(H,37,40)(H,35,36,39). The first kappa shape index (κ1) is 31.2. The van der Waals surface area contributed by atoms with Gasteiger partial charge < -0.3 is 10.1 Å². The average molecular weight is 637 g/mol. The highest BCUT2D eigenvalue weighted by Gasteiger charge is 2.19. The maximum atomic E-state index is 13.0. The van der Waals surface area contributed by atoms with Crippen molar-refractivity contribution < 1.29 is 17.9 Å². The van der Waals surface area contributed by atoms with Gasteiger partial charge in [-0.05, 0) is 80.1 Å². The minimum atomic E-state index is -3.93. The Morgan fingerprint density at radius 2 is 1.62 bits per heavy atom. The lowest BCUT2D eigenvalue weighted by Gasteiger charge is -2.13. The lowest BCUT2D eigenvalue weighted by atomic mass is 9.98. The third kappa shape index (κ3) is 7.64. The zero-order chi connectivity index (χ0) is 32.0. The zero-order valence-corrected chi connectivity index (χ0v) is 26.2. The van der Waals surface area contributed by atoms with Crippen LogP contribution in [0.15, 0.2) is 101 Å². The van der Waals surface area contributed by atoms with E-state index in [0.717, 1.165) is 28.5 Å². The predicted octanol–water partition coefficient (Wildman–Crippen LogP) is 6.23. The molecule has 0 aliphatic carbocycles. The number of anilines is 2. The fourth-order valence-electron chi connectivity index (χ4n) is 4.33. The second kappa shape index (κ2) is 13.6. The highest BCUT2D eigenvalue weighted by molar-refractivity contribution is 8.00. The van der Waals surface area contributed by atoms with Gasteiger partial charge in [0.15, 0.2) is 0 Å². The monoisotopic (exact) mass is 636 g/mol. The first-order chi connectivity index (χ1) is 21.6. The number of hydrogen-bond acceptors (Lipinski definition) is 9. The minimum Gasteiger partial charge on any atom is -0.497 e. The predicted molar refractivity (Wildman–Crippen MR) is 174 cm³/mol. The van der Waals surface area contributed by atoms with Gasteiger partial charge in [-0.3, -0.25) is 4.79 Å². The summed E-state index contributed by atoms with van der Waals surface area (Å²) in [5, 5.41) is 13.4. The highest BCUT2D eigenvalue weighted by Crippen LogP contribution is 2.35. The smallest absolute Gasteiger partial charge is 0.264 e. The van der Waals surface area contributed by atoms with Gasteiger partial charge >= 0.3 is 0 Å². The van der Waals surface area contributed by atoms with Crippen molar-refractivity contribution in [2.24, 2.45) is 0 Å². The number of methoxy groups -OCH3 is 1. The van der Waals surface area contributed by atoms with E-state index in [2.05, 4.69) is 26.1 Å². The number of carbonyl (C=O) groups excluding carboxylic acids is 1. The molecule has 0 atom stereocenters. The topological polar surface area (TPSA) is 147 Å². The second-order valence-corrected chi connectivity index (χ2v) is 12.6. The number of rotatable bonds is 10. The van der Waals surface area contributed by atoms with E-state index < -0.39 is 10.0 Å². The fourth-order valence-corrected chi connectivity index (χ4v) is 6.08. The van der Waals surface area contributed by atoms with Crippen molar-refractivity contribution in [3.8, 4) is 34.2 Å². The number of pyridine rings is 1. The van der Waals surface area contributed by atoms with Gasteiger partial charge in [-0.2, -0.15) is 5.26 Å². The van der Waals surface area contributed by atoms with Crippen LogP contribution in [0.3, 0.4) is 0 Å². The highest BCUT2D eigenvalue weighted by atomic mass is 32.2. The van der Waals surface area contributed by atoms with Crippen LogP contribution < -0.4 is 14.8 Å². The van der Waals surface area contributed by atoms with Crippen molar-refractivity contribution in [1.82, 2.24) is 15.0 Å². The van der Waals surface area contributed by atoms with Crippen LogP contribution in [0, 0.1) is 25.2 Å². The molecule has 3 aromatic carbocycles. The first-order valence-electron chi connectivity index (χ1n) is 13.7. The Labute approximate surface area is 265 Å². The maximum absolute atomic E-state index is 13.0. The van der Waals surface area contributed by atoms with Gasteiger partial charge in [0.2, 0.25) is 11.9 Å². The van der Waals surface area contributed by atoms with Crippen LogP contribution >= 0.6 is 11.8 Å². The van der Waals surface area contributed by atoms with Crippen LogP contribution in [0.4, 0.5) is 11.6 Å². The van der Waals surface area contributed by atoms with E-state index >= 15 is 0 Å². The zero-order valence-electron chi connectivity index (χ0n) is 24.6. The van der Waals surface area contributed by atoms with Crippen molar-refractivity contribution in [2.75, 3.05) is 22.9 Å². The number of amides is 1. The number of nitrogens with one attached hydrogen (secondary N) is 2. The molecule has 1 amide bonds. The number of carbonyl (C=O) groups is 1. The largest absolute Gasteiger partial charge is 0.497 e. The molecule has 0 spiro atoms. The first-order valence-corrected chi connectivity index (χ1v) is 16.1. The van der Waals surface area contributed by atoms with Gasteiger partial charge in [-0.1, -0.05) is 41.6 Å². The van der Waals surface area contributed by atoms with Crippen LogP contribution in [-0.4, -0.2) is 42.1 Å². The molecular formula is C33H28N6O4S2. The molecule has 0 unspecified atom stereocenters. The van der Waals surface area contributed by atoms with E-state index in [-0.39, 0.29) is 22.5 Å². The molecule has 0 radical (unpaired) electrons. The lowest BCUT2D eigenvalue weighted by molar-refractivity contribution is -0.113. The molecule has 12 heteroatoms. The van der Waals surface area contributed by atoms with Crippen molar-refractivity contribution in [3.05, 3.63) is 108 Å². The van der Waals surface area contributed by atoms with E-state index in [1.165, 1.54) is 30.5 Å². The molecule has 45 heavy (non-hydrogen) atoms. The maximum Gasteiger partial charge on any atom is 0.264 e. The van der Waals surface area contributed by atoms with Gasteiger partial charge in [0.1, 0.15) is 16.8 Å². The molecule has 5 rings (SSSR count). The normalized spacial score (nSPS) is 11.0. The Kier molecular flexibility index (Phi) is 9.42. The molecule has 5 aromatic rings. The Morgan fingerprint density at radius 1 is 0.933 bits per heavy atom. The van der Waals surface area contributed by atoms with Crippen LogP contribution in [0.2, 0.25) is 0 Å². The molecule has 10 nitrogen and oxygen atoms in total. The molecule has 2 aromatic heterocycles. The molecular weight excluding hydrogens is 609 g/mol. The van der Waals surface area contributed by atoms with Gasteiger partial charge in [-0.15, -0.1) is 0 Å². The minimum absolute atomic E-state index is 0.0122. The number of sulfonamides is 1. The third-order valence-corrected chi connectivity index (χ3v) is 8.97. The van der Waals surface area contributed by atoms with Crippen LogP contribution in [0.1, 0.15) is 16.8 Å². The number of ether oxygens (including phenoxy) is 1. The van der Waals surface area contributed by atoms with E-state index in [9.17, 15) is 18.5 Å². The quantitative estimate of drug-likeness (QED) is 0.170. The second-order valence-electron chi connectivity index (χ2n) is 9.93. The number of nitriles is 1. The van der Waals surface area contributed by atoms with E-state index in [4.69, 9.17) is 9.72 Å². The summed E-state index contributed by atoms with van der Waals surface area (Å²) in [7, 11) is -2.33. The molecule has 2 N–H and O–H groups in total. The number of aryl methyl sites for hydroxylation is 2. The number of hydrogen-bond donors (Lipinski definition) is 2. The third-order valence-electron chi connectivity index (χ3n) is 6.66. The summed E-state index contributed by atoms with van der Waals surface area (Å²) >= 11 is 1.15. The molecule has 0 saturated heterocycles. The van der Waals surface area contributed by atoms with Gasteiger partial charge in [-0.25, -0.2) is 28.1 Å². The summed E-state index contributed by atoms with van der Waals surface area (Å²) in [6, 6.07) is 26.9. The van der Waals surface area contributed by atoms with E-state index in [1.54, 1.807) is 20.1 Å². The van der Waals surface area contributed by atoms with Crippen molar-refractivity contribution in [1.29, 1.82) is 5.26 Å². The molecule has 0 fully saturated rings.